The number of nitrogens with one attached hydrogen (secondary N) is 4. The summed E-state index contributed by atoms with van der Waals surface area (Å²) in [6.45, 7) is 4.56. The molecular weight excluding hydrogens is 1360 g/mol. The van der Waals surface area contributed by atoms with Crippen molar-refractivity contribution < 1.29 is 113 Å². The first-order chi connectivity index (χ1) is 49.0. The zero-order chi connectivity index (χ0) is 76.1. The van der Waals surface area contributed by atoms with Crippen LogP contribution in [0.4, 0.5) is 0 Å². The quantitative estimate of drug-likeness (QED) is 0.0252. The summed E-state index contributed by atoms with van der Waals surface area (Å²) < 4.78 is 0. The Morgan fingerprint density at radius 1 is 0.243 bits per heavy atom. The van der Waals surface area contributed by atoms with E-state index in [4.69, 9.17) is 0 Å². The topological polar surface area (TPSA) is 514 Å². The van der Waals surface area contributed by atoms with Gasteiger partial charge in [0.2, 0.25) is 17.7 Å². The van der Waals surface area contributed by atoms with Gasteiger partial charge in [0, 0.05) is 177 Å². The molecule has 103 heavy (non-hydrogen) atoms. The molecule has 0 aromatic rings. The molecule has 40 heteroatoms. The smallest absolute Gasteiger partial charge is 0.320 e. The number of aliphatic carboxylic acids is 10. The van der Waals surface area contributed by atoms with E-state index >= 15 is 0 Å². The van der Waals surface area contributed by atoms with Crippen molar-refractivity contribution in [3.63, 3.8) is 0 Å². The number of carbonyl (C=O) groups is 13. The minimum absolute atomic E-state index is 0.0920. The normalized spacial score (nSPS) is 18.7. The average Bonchev–Trinajstić information content (AvgIpc) is 0.930. The summed E-state index contributed by atoms with van der Waals surface area (Å²) in [5.74, 6) is -11.9. The van der Waals surface area contributed by atoms with Crippen LogP contribution in [0.15, 0.2) is 0 Å². The number of carboxylic acid groups (broad SMARTS) is 10. The maximum atomic E-state index is 13.6. The standard InChI is InChI=1S/C63H113N17O23/c81-51(38-69-14-20-72(41-54(84)85)26-32-78(47-60(96)97)33-27-73(21-15-69)42-55(86)87)65-8-3-7-64-50(63(102)103)6-1-2-11-68(12-4-9-66-52(82)39-70-16-22-74(43-56(88)89)28-34-79(48-61(98)99)35-29-75(23-17-70)44-57(90)91)13-5-10-67-53(83)40-71-18-24-76(45-58(92)93)30-36-80(49-62(100)101)37-31-77(25-19-71)46-59(94)95/h50,64H,1-49H2,(H,65,81)(H,66,82)(H,67,83)(H,84,85)(H,86,87)(H,88,89)(H,90,91)(H,92,93)(H,94,95)(H,96,97)(H,98,99)(H,100,101)(H,102,103). The molecule has 3 aliphatic rings. The van der Waals surface area contributed by atoms with Crippen LogP contribution in [0.5, 0.6) is 0 Å². The van der Waals surface area contributed by atoms with Crippen molar-refractivity contribution in [2.24, 2.45) is 0 Å². The molecule has 14 N–H and O–H groups in total. The van der Waals surface area contributed by atoms with Gasteiger partial charge in [-0.3, -0.25) is 121 Å². The second-order valence-electron chi connectivity index (χ2n) is 26.2. The Morgan fingerprint density at radius 2 is 0.427 bits per heavy atom. The summed E-state index contributed by atoms with van der Waals surface area (Å²) in [6.07, 6.45) is 2.57. The largest absolute Gasteiger partial charge is 0.480 e. The molecular formula is C63H113N17O23. The summed E-state index contributed by atoms with van der Waals surface area (Å²) >= 11 is 0. The van der Waals surface area contributed by atoms with Crippen LogP contribution in [0.1, 0.15) is 38.5 Å². The first-order valence-electron chi connectivity index (χ1n) is 35.1. The Bertz CT molecular complexity index is 2460. The fraction of sp³-hybridized carbons (Fsp3) is 0.794. The summed E-state index contributed by atoms with van der Waals surface area (Å²) in [5.41, 5.74) is 0. The second kappa shape index (κ2) is 51.7. The number of carboxylic acids is 10. The molecule has 1 unspecified atom stereocenters. The van der Waals surface area contributed by atoms with E-state index in [0.29, 0.717) is 51.7 Å². The molecule has 0 radical (unpaired) electrons. The van der Waals surface area contributed by atoms with Crippen molar-refractivity contribution in [3.05, 3.63) is 0 Å². The highest BCUT2D eigenvalue weighted by Gasteiger charge is 2.27. The molecule has 40 nitrogen and oxygen atoms in total. The van der Waals surface area contributed by atoms with E-state index in [0.717, 1.165) is 0 Å². The van der Waals surface area contributed by atoms with Gasteiger partial charge in [0.05, 0.1) is 78.5 Å². The van der Waals surface area contributed by atoms with E-state index < -0.39 is 65.7 Å². The minimum Gasteiger partial charge on any atom is -0.480 e. The predicted octanol–water partition coefficient (Wildman–Crippen LogP) is -7.55. The van der Waals surface area contributed by atoms with Crippen LogP contribution in [0, 0.1) is 0 Å². The fourth-order valence-electron chi connectivity index (χ4n) is 12.1. The van der Waals surface area contributed by atoms with Crippen molar-refractivity contribution in [2.75, 3.05) is 281 Å². The van der Waals surface area contributed by atoms with Crippen molar-refractivity contribution in [2.45, 2.75) is 44.6 Å². The van der Waals surface area contributed by atoms with E-state index in [2.05, 4.69) is 26.2 Å². The molecule has 3 amide bonds. The van der Waals surface area contributed by atoms with Crippen LogP contribution in [-0.4, -0.2) is 480 Å². The molecule has 0 saturated carbocycles. The lowest BCUT2D eigenvalue weighted by molar-refractivity contribution is -0.140. The first-order valence-corrected chi connectivity index (χ1v) is 35.1. The molecule has 3 rings (SSSR count). The van der Waals surface area contributed by atoms with Gasteiger partial charge in [-0.05, 0) is 58.3 Å². The van der Waals surface area contributed by atoms with Crippen molar-refractivity contribution >= 4 is 77.4 Å². The molecule has 3 heterocycles. The van der Waals surface area contributed by atoms with Crippen LogP contribution in [-0.2, 0) is 62.3 Å². The van der Waals surface area contributed by atoms with Gasteiger partial charge in [0.1, 0.15) is 6.04 Å². The summed E-state index contributed by atoms with van der Waals surface area (Å²) in [5, 5.41) is 108. The summed E-state index contributed by atoms with van der Waals surface area (Å²) in [4.78, 5) is 181. The molecule has 0 aromatic carbocycles. The van der Waals surface area contributed by atoms with Gasteiger partial charge in [-0.25, -0.2) is 0 Å². The number of hydrogen-bond acceptors (Lipinski definition) is 27. The van der Waals surface area contributed by atoms with Crippen LogP contribution in [0.2, 0.25) is 0 Å². The monoisotopic (exact) mass is 1480 g/mol. The third-order valence-corrected chi connectivity index (χ3v) is 17.6. The Hall–Kier alpha value is -7.45. The predicted molar refractivity (Wildman–Crippen MR) is 369 cm³/mol. The van der Waals surface area contributed by atoms with Gasteiger partial charge in [0.25, 0.3) is 0 Å². The number of hydrogen-bond donors (Lipinski definition) is 14. The average molecular weight is 1480 g/mol. The zero-order valence-electron chi connectivity index (χ0n) is 59.3. The summed E-state index contributed by atoms with van der Waals surface area (Å²) in [6, 6.07) is -0.937. The first kappa shape index (κ1) is 89.8. The lowest BCUT2D eigenvalue weighted by Crippen LogP contribution is -2.50. The molecule has 0 spiro atoms. The maximum absolute atomic E-state index is 13.6. The molecule has 0 aromatic heterocycles. The third kappa shape index (κ3) is 45.4. The van der Waals surface area contributed by atoms with Crippen molar-refractivity contribution in [1.29, 1.82) is 0 Å². The highest BCUT2D eigenvalue weighted by atomic mass is 16.4. The Balaban J connectivity index is 1.67. The lowest BCUT2D eigenvalue weighted by atomic mass is 10.1. The van der Waals surface area contributed by atoms with Gasteiger partial charge < -0.3 is 77.2 Å². The highest BCUT2D eigenvalue weighted by Crippen LogP contribution is 2.09. The molecule has 0 aliphatic carbocycles. The number of rotatable bonds is 43. The van der Waals surface area contributed by atoms with Crippen molar-refractivity contribution in [1.82, 2.24) is 85.0 Å². The van der Waals surface area contributed by atoms with Gasteiger partial charge in [-0.15, -0.1) is 0 Å². The van der Waals surface area contributed by atoms with Crippen LogP contribution < -0.4 is 21.3 Å². The zero-order valence-corrected chi connectivity index (χ0v) is 59.3. The SMILES string of the molecule is O=C(O)CN1CCN(CC(=O)O)CCN(CC(=O)NCCCNC(CCCCN(CCCNC(=O)CN2CCN(CC(=O)O)CCN(CC(=O)O)CCN(CC(=O)O)CC2)CCCNC(=O)CN2CCN(CC(=O)O)CCN(CC(=O)O)CCN(CC(=O)O)CC2)C(=O)O)CCN(CC(=O)O)CC1. The Kier molecular flexibility index (Phi) is 45.0. The number of amides is 3. The third-order valence-electron chi connectivity index (χ3n) is 17.6. The van der Waals surface area contributed by atoms with Gasteiger partial charge in [-0.1, -0.05) is 6.42 Å². The number of carbonyl (C=O) groups excluding carboxylic acids is 3. The van der Waals surface area contributed by atoms with Crippen LogP contribution >= 0.6 is 0 Å². The molecule has 1 atom stereocenters. The molecule has 3 saturated heterocycles. The maximum Gasteiger partial charge on any atom is 0.320 e. The molecule has 3 fully saturated rings. The molecule has 0 bridgehead atoms. The van der Waals surface area contributed by atoms with Gasteiger partial charge in [-0.2, -0.15) is 0 Å². The Morgan fingerprint density at radius 3 is 0.621 bits per heavy atom. The fourth-order valence-corrected chi connectivity index (χ4v) is 12.1. The van der Waals surface area contributed by atoms with Gasteiger partial charge >= 0.3 is 59.7 Å². The number of unbranched alkanes of at least 4 members (excludes halogenated alkanes) is 1. The van der Waals surface area contributed by atoms with Crippen LogP contribution in [0.25, 0.3) is 0 Å². The number of nitrogens with zero attached hydrogens (tertiary/aromatic N) is 13. The van der Waals surface area contributed by atoms with E-state index in [1.54, 1.807) is 49.0 Å². The van der Waals surface area contributed by atoms with Crippen molar-refractivity contribution in [3.8, 4) is 0 Å². The summed E-state index contributed by atoms with van der Waals surface area (Å²) in [7, 11) is 0. The second-order valence-corrected chi connectivity index (χ2v) is 26.2. The minimum atomic E-state index is -1.09. The molecule has 3 aliphatic heterocycles. The van der Waals surface area contributed by atoms with E-state index in [9.17, 15) is 113 Å². The van der Waals surface area contributed by atoms with Gasteiger partial charge in [0.15, 0.2) is 0 Å². The molecule has 588 valence electrons. The van der Waals surface area contributed by atoms with E-state index in [1.165, 1.54) is 0 Å². The van der Waals surface area contributed by atoms with Crippen LogP contribution in [0.3, 0.4) is 0 Å². The van der Waals surface area contributed by atoms with E-state index in [1.807, 2.05) is 9.80 Å². The van der Waals surface area contributed by atoms with E-state index in [-0.39, 0.29) is 286 Å². The lowest BCUT2D eigenvalue weighted by Gasteiger charge is -2.32. The highest BCUT2D eigenvalue weighted by molar-refractivity contribution is 5.79. The Labute approximate surface area is 599 Å².